The molecule has 0 saturated carbocycles. The molecule has 170 valence electrons. The Morgan fingerprint density at radius 3 is 2.62 bits per heavy atom. The Hall–Kier alpha value is -3.66. The number of hydrazone groups is 1. The van der Waals surface area contributed by atoms with Crippen molar-refractivity contribution in [1.29, 1.82) is 0 Å². The van der Waals surface area contributed by atoms with Crippen LogP contribution in [0.4, 0.5) is 10.1 Å². The Bertz CT molecular complexity index is 1020. The van der Waals surface area contributed by atoms with Crippen LogP contribution in [-0.4, -0.2) is 44.2 Å². The molecule has 32 heavy (non-hydrogen) atoms. The number of ether oxygens (including phenoxy) is 2. The summed E-state index contributed by atoms with van der Waals surface area (Å²) in [7, 11) is 1.37. The summed E-state index contributed by atoms with van der Waals surface area (Å²) in [5, 5.41) is 8.63. The number of nitrogens with one attached hydrogen (secondary N) is 3. The zero-order chi connectivity index (χ0) is 23.5. The molecule has 0 aliphatic heterocycles. The smallest absolute Gasteiger partial charge is 0.329 e. The lowest BCUT2D eigenvalue weighted by atomic mass is 10.2. The maximum Gasteiger partial charge on any atom is 0.329 e. The lowest BCUT2D eigenvalue weighted by molar-refractivity contribution is -0.139. The highest BCUT2D eigenvalue weighted by Gasteiger charge is 2.15. The molecule has 2 aromatic carbocycles. The highest BCUT2D eigenvalue weighted by molar-refractivity contribution is 6.35. The van der Waals surface area contributed by atoms with Gasteiger partial charge >= 0.3 is 11.8 Å². The predicted molar refractivity (Wildman–Crippen MR) is 118 cm³/mol. The number of nitrogens with zero attached hydrogens (tertiary/aromatic N) is 1. The second-order valence-electron chi connectivity index (χ2n) is 6.31. The second-order valence-corrected chi connectivity index (χ2v) is 6.71. The summed E-state index contributed by atoms with van der Waals surface area (Å²) in [5.41, 5.74) is 2.56. The van der Waals surface area contributed by atoms with E-state index < -0.39 is 30.1 Å². The third-order valence-corrected chi connectivity index (χ3v) is 4.15. The molecule has 0 saturated heterocycles. The van der Waals surface area contributed by atoms with Crippen LogP contribution in [0.25, 0.3) is 0 Å². The molecule has 0 heterocycles. The molecule has 0 bridgehead atoms. The third-order valence-electron chi connectivity index (χ3n) is 3.87. The maximum atomic E-state index is 13.6. The van der Waals surface area contributed by atoms with Crippen LogP contribution in [0.5, 0.6) is 11.5 Å². The van der Waals surface area contributed by atoms with E-state index >= 15 is 0 Å². The number of halogens is 2. The second kappa shape index (κ2) is 12.3. The normalized spacial score (nSPS) is 10.5. The Morgan fingerprint density at radius 2 is 1.94 bits per heavy atom. The molecule has 3 amide bonds. The first-order valence-electron chi connectivity index (χ1n) is 9.51. The van der Waals surface area contributed by atoms with Crippen molar-refractivity contribution in [2.24, 2.45) is 5.10 Å². The molecule has 0 aliphatic carbocycles. The van der Waals surface area contributed by atoms with E-state index in [9.17, 15) is 18.8 Å². The first kappa shape index (κ1) is 24.6. The topological polar surface area (TPSA) is 118 Å². The molecular weight excluding hydrogens is 443 g/mol. The number of benzene rings is 2. The molecular formula is C21H22ClFN4O5. The predicted octanol–water partition coefficient (Wildman–Crippen LogP) is 2.48. The van der Waals surface area contributed by atoms with Gasteiger partial charge in [-0.3, -0.25) is 14.4 Å². The molecule has 0 radical (unpaired) electrons. The minimum absolute atomic E-state index is 0.0242. The van der Waals surface area contributed by atoms with Gasteiger partial charge in [0.15, 0.2) is 18.1 Å². The van der Waals surface area contributed by atoms with E-state index in [1.54, 1.807) is 6.07 Å². The molecule has 0 atom stereocenters. The van der Waals surface area contributed by atoms with E-state index in [0.29, 0.717) is 18.5 Å². The van der Waals surface area contributed by atoms with E-state index in [1.165, 1.54) is 43.7 Å². The number of amides is 3. The molecule has 11 heteroatoms. The summed E-state index contributed by atoms with van der Waals surface area (Å²) >= 11 is 6.22. The van der Waals surface area contributed by atoms with E-state index in [2.05, 4.69) is 21.2 Å². The van der Waals surface area contributed by atoms with Gasteiger partial charge < -0.3 is 20.1 Å². The Balaban J connectivity index is 2.00. The standard InChI is InChI=1S/C21H22ClFN4O5/c1-3-8-24-20(29)21(30)27-25-11-13-9-14(22)19(17(10-13)31-2)32-12-18(28)26-16-7-5-4-6-15(16)23/h4-7,9-11H,3,8,12H2,1-2H3,(H,24,29)(H,26,28)(H,27,30)/b25-11-. The number of hydrogen-bond acceptors (Lipinski definition) is 6. The van der Waals surface area contributed by atoms with Gasteiger partial charge in [0, 0.05) is 6.54 Å². The SMILES string of the molecule is CCCNC(=O)C(=O)N/N=C\c1cc(Cl)c(OCC(=O)Nc2ccccc2F)c(OC)c1. The molecule has 0 aromatic heterocycles. The molecule has 0 unspecified atom stereocenters. The summed E-state index contributed by atoms with van der Waals surface area (Å²) < 4.78 is 24.3. The zero-order valence-electron chi connectivity index (χ0n) is 17.4. The number of methoxy groups -OCH3 is 1. The Morgan fingerprint density at radius 1 is 1.19 bits per heavy atom. The molecule has 0 fully saturated rings. The van der Waals surface area contributed by atoms with Gasteiger partial charge in [0.2, 0.25) is 0 Å². The average Bonchev–Trinajstić information content (AvgIpc) is 2.77. The quantitative estimate of drug-likeness (QED) is 0.299. The first-order valence-corrected chi connectivity index (χ1v) is 9.89. The fourth-order valence-electron chi connectivity index (χ4n) is 2.38. The number of carbonyl (C=O) groups is 3. The monoisotopic (exact) mass is 464 g/mol. The van der Waals surface area contributed by atoms with Gasteiger partial charge in [0.25, 0.3) is 5.91 Å². The minimum Gasteiger partial charge on any atom is -0.493 e. The molecule has 0 spiro atoms. The lowest BCUT2D eigenvalue weighted by Gasteiger charge is -2.13. The van der Waals surface area contributed by atoms with E-state index in [-0.39, 0.29) is 22.2 Å². The van der Waals surface area contributed by atoms with Crippen molar-refractivity contribution in [3.63, 3.8) is 0 Å². The third kappa shape index (κ3) is 7.24. The lowest BCUT2D eigenvalue weighted by Crippen LogP contribution is -2.38. The van der Waals surface area contributed by atoms with Crippen LogP contribution in [0, 0.1) is 5.82 Å². The molecule has 3 N–H and O–H groups in total. The van der Waals surface area contributed by atoms with Gasteiger partial charge in [-0.2, -0.15) is 5.10 Å². The Labute approximate surface area is 188 Å². The van der Waals surface area contributed by atoms with Gasteiger partial charge in [-0.25, -0.2) is 9.82 Å². The van der Waals surface area contributed by atoms with Crippen molar-refractivity contribution < 1.29 is 28.2 Å². The summed E-state index contributed by atoms with van der Waals surface area (Å²) in [6.45, 7) is 1.79. The van der Waals surface area contributed by atoms with Gasteiger partial charge in [-0.05, 0) is 36.2 Å². The minimum atomic E-state index is -0.909. The fourth-order valence-corrected chi connectivity index (χ4v) is 2.65. The molecule has 0 aliphatic rings. The fraction of sp³-hybridized carbons (Fsp3) is 0.238. The van der Waals surface area contributed by atoms with Crippen LogP contribution in [0.2, 0.25) is 5.02 Å². The van der Waals surface area contributed by atoms with E-state index in [4.69, 9.17) is 21.1 Å². The van der Waals surface area contributed by atoms with Crippen LogP contribution >= 0.6 is 11.6 Å². The summed E-state index contributed by atoms with van der Waals surface area (Å²) in [5.74, 6) is -2.58. The highest BCUT2D eigenvalue weighted by atomic mass is 35.5. The van der Waals surface area contributed by atoms with Gasteiger partial charge in [0.1, 0.15) is 5.82 Å². The van der Waals surface area contributed by atoms with Crippen LogP contribution in [0.1, 0.15) is 18.9 Å². The van der Waals surface area contributed by atoms with Gasteiger partial charge in [-0.1, -0.05) is 30.7 Å². The number of anilines is 1. The van der Waals surface area contributed by atoms with Crippen molar-refractivity contribution >= 4 is 41.2 Å². The first-order chi connectivity index (χ1) is 15.3. The van der Waals surface area contributed by atoms with Gasteiger partial charge in [0.05, 0.1) is 24.0 Å². The van der Waals surface area contributed by atoms with Crippen LogP contribution in [0.15, 0.2) is 41.5 Å². The van der Waals surface area contributed by atoms with Crippen molar-refractivity contribution in [2.45, 2.75) is 13.3 Å². The largest absolute Gasteiger partial charge is 0.493 e. The number of carbonyl (C=O) groups excluding carboxylic acids is 3. The molecule has 2 aromatic rings. The number of para-hydroxylation sites is 1. The van der Waals surface area contributed by atoms with Crippen molar-refractivity contribution in [3.05, 3.63) is 52.8 Å². The molecule has 9 nitrogen and oxygen atoms in total. The summed E-state index contributed by atoms with van der Waals surface area (Å²) in [4.78, 5) is 35.2. The van der Waals surface area contributed by atoms with E-state index in [1.807, 2.05) is 6.92 Å². The Kier molecular flexibility index (Phi) is 9.43. The molecule has 2 rings (SSSR count). The summed E-state index contributed by atoms with van der Waals surface area (Å²) in [6, 6.07) is 8.69. The van der Waals surface area contributed by atoms with Crippen molar-refractivity contribution in [1.82, 2.24) is 10.7 Å². The highest BCUT2D eigenvalue weighted by Crippen LogP contribution is 2.36. The van der Waals surface area contributed by atoms with Crippen molar-refractivity contribution in [2.75, 3.05) is 25.6 Å². The van der Waals surface area contributed by atoms with Crippen LogP contribution in [-0.2, 0) is 14.4 Å². The maximum absolute atomic E-state index is 13.6. The summed E-state index contributed by atoms with van der Waals surface area (Å²) in [6.07, 6.45) is 1.95. The van der Waals surface area contributed by atoms with Gasteiger partial charge in [-0.15, -0.1) is 0 Å². The van der Waals surface area contributed by atoms with E-state index in [0.717, 1.165) is 0 Å². The number of rotatable bonds is 9. The van der Waals surface area contributed by atoms with Crippen LogP contribution in [0.3, 0.4) is 0 Å². The average molecular weight is 465 g/mol. The van der Waals surface area contributed by atoms with Crippen molar-refractivity contribution in [3.8, 4) is 11.5 Å². The van der Waals surface area contributed by atoms with Crippen LogP contribution < -0.4 is 25.5 Å². The number of hydrogen-bond donors (Lipinski definition) is 3. The zero-order valence-corrected chi connectivity index (χ0v) is 18.2.